The van der Waals surface area contributed by atoms with Crippen LogP contribution in [0.3, 0.4) is 0 Å². The van der Waals surface area contributed by atoms with Crippen molar-refractivity contribution >= 4 is 44.5 Å². The summed E-state index contributed by atoms with van der Waals surface area (Å²) in [6.45, 7) is 6.73. The quantitative estimate of drug-likeness (QED) is 0.226. The van der Waals surface area contributed by atoms with Gasteiger partial charge in [-0.25, -0.2) is 4.98 Å². The number of anilines is 1. The van der Waals surface area contributed by atoms with Gasteiger partial charge in [0.15, 0.2) is 0 Å². The van der Waals surface area contributed by atoms with Gasteiger partial charge in [-0.1, -0.05) is 111 Å². The van der Waals surface area contributed by atoms with E-state index in [4.69, 9.17) is 10.7 Å². The Morgan fingerprint density at radius 2 is 1.57 bits per heavy atom. The molecule has 2 heterocycles. The van der Waals surface area contributed by atoms with E-state index in [1.54, 1.807) is 0 Å². The average Bonchev–Trinajstić information content (AvgIpc) is 3.48. The molecule has 1 aliphatic carbocycles. The molecular weight excluding hydrogens is 510 g/mol. The molecule has 7 aromatic rings. The molecule has 0 radical (unpaired) electrons. The van der Waals surface area contributed by atoms with Crippen molar-refractivity contribution < 1.29 is 0 Å². The molecule has 0 saturated carbocycles. The third-order valence-corrected chi connectivity index (χ3v) is 9.03. The summed E-state index contributed by atoms with van der Waals surface area (Å²) in [5.41, 5.74) is 20.0. The second-order valence-corrected chi connectivity index (χ2v) is 11.8. The normalized spacial score (nSPS) is 13.8. The van der Waals surface area contributed by atoms with Crippen LogP contribution < -0.4 is 5.73 Å². The van der Waals surface area contributed by atoms with Crippen molar-refractivity contribution in [2.75, 3.05) is 5.73 Å². The molecule has 0 amide bonds. The maximum Gasteiger partial charge on any atom is 0.0944 e. The lowest BCUT2D eigenvalue weighted by atomic mass is 9.81. The van der Waals surface area contributed by atoms with Crippen molar-refractivity contribution in [1.82, 2.24) is 9.55 Å². The minimum Gasteiger partial charge on any atom is -0.396 e. The standard InChI is InChI=1S/C39H31N3/c1-4-10-24-17-18-25-19-22-33(41-37(25)36(24)40)26-11-9-12-27(23-26)42-34-16-8-6-14-29(34)31-21-20-30-28-13-5-7-15-32(28)39(2,3)35(30)38(31)42/h4-23H,40H2,1-3H3/b10-4-. The number of hydrogen-bond donors (Lipinski definition) is 1. The van der Waals surface area contributed by atoms with Crippen molar-refractivity contribution in [2.24, 2.45) is 0 Å². The van der Waals surface area contributed by atoms with Crippen molar-refractivity contribution in [3.8, 4) is 28.1 Å². The van der Waals surface area contributed by atoms with E-state index in [1.807, 2.05) is 19.1 Å². The zero-order valence-corrected chi connectivity index (χ0v) is 24.0. The van der Waals surface area contributed by atoms with E-state index >= 15 is 0 Å². The van der Waals surface area contributed by atoms with Gasteiger partial charge in [-0.3, -0.25) is 0 Å². The lowest BCUT2D eigenvalue weighted by molar-refractivity contribution is 0.664. The van der Waals surface area contributed by atoms with Gasteiger partial charge in [0, 0.05) is 32.8 Å². The van der Waals surface area contributed by atoms with Gasteiger partial charge in [0.2, 0.25) is 0 Å². The molecule has 1 aliphatic rings. The Hall–Kier alpha value is -5.15. The molecule has 5 aromatic carbocycles. The number of hydrogen-bond acceptors (Lipinski definition) is 2. The van der Waals surface area contributed by atoms with Crippen LogP contribution in [0.2, 0.25) is 0 Å². The lowest BCUT2D eigenvalue weighted by Gasteiger charge is -2.23. The molecule has 42 heavy (non-hydrogen) atoms. The van der Waals surface area contributed by atoms with E-state index in [0.29, 0.717) is 5.69 Å². The molecule has 0 saturated heterocycles. The maximum atomic E-state index is 6.58. The lowest BCUT2D eigenvalue weighted by Crippen LogP contribution is -2.16. The monoisotopic (exact) mass is 541 g/mol. The maximum absolute atomic E-state index is 6.58. The van der Waals surface area contributed by atoms with Crippen molar-refractivity contribution in [3.05, 3.63) is 132 Å². The first kappa shape index (κ1) is 24.6. The average molecular weight is 542 g/mol. The summed E-state index contributed by atoms with van der Waals surface area (Å²) in [5.74, 6) is 0. The van der Waals surface area contributed by atoms with Crippen molar-refractivity contribution in [2.45, 2.75) is 26.2 Å². The van der Waals surface area contributed by atoms with Crippen LogP contribution in [0.5, 0.6) is 0 Å². The highest BCUT2D eigenvalue weighted by Crippen LogP contribution is 2.52. The summed E-state index contributed by atoms with van der Waals surface area (Å²) in [6.07, 6.45) is 4.04. The summed E-state index contributed by atoms with van der Waals surface area (Å²) >= 11 is 0. The van der Waals surface area contributed by atoms with E-state index in [1.165, 1.54) is 44.1 Å². The largest absolute Gasteiger partial charge is 0.396 e. The SMILES string of the molecule is C/C=C\c1ccc2ccc(-c3cccc(-n4c5ccccc5c5ccc6c(c54)C(C)(C)c4ccccc4-6)c3)nc2c1N. The van der Waals surface area contributed by atoms with E-state index < -0.39 is 0 Å². The first-order chi connectivity index (χ1) is 20.5. The summed E-state index contributed by atoms with van der Waals surface area (Å²) in [7, 11) is 0. The molecule has 0 bridgehead atoms. The zero-order valence-electron chi connectivity index (χ0n) is 24.0. The Morgan fingerprint density at radius 3 is 2.45 bits per heavy atom. The topological polar surface area (TPSA) is 43.8 Å². The second-order valence-electron chi connectivity index (χ2n) is 11.8. The Morgan fingerprint density at radius 1 is 0.762 bits per heavy atom. The van der Waals surface area contributed by atoms with E-state index in [-0.39, 0.29) is 5.41 Å². The Balaban J connectivity index is 1.39. The van der Waals surface area contributed by atoms with Gasteiger partial charge in [0.1, 0.15) is 0 Å². The Bertz CT molecular complexity index is 2250. The van der Waals surface area contributed by atoms with E-state index in [0.717, 1.165) is 33.4 Å². The molecule has 3 heteroatoms. The van der Waals surface area contributed by atoms with Crippen LogP contribution in [-0.4, -0.2) is 9.55 Å². The number of para-hydroxylation sites is 1. The fourth-order valence-electron chi connectivity index (χ4n) is 7.10. The third-order valence-electron chi connectivity index (χ3n) is 9.03. The smallest absolute Gasteiger partial charge is 0.0944 e. The molecule has 202 valence electrons. The molecular formula is C39H31N3. The number of nitrogens with zero attached hydrogens (tertiary/aromatic N) is 2. The minimum atomic E-state index is -0.128. The number of benzene rings is 5. The highest BCUT2D eigenvalue weighted by atomic mass is 15.0. The van der Waals surface area contributed by atoms with E-state index in [9.17, 15) is 0 Å². The number of allylic oxidation sites excluding steroid dienone is 1. The van der Waals surface area contributed by atoms with Gasteiger partial charge in [0.25, 0.3) is 0 Å². The van der Waals surface area contributed by atoms with Crippen LogP contribution in [0.25, 0.3) is 66.9 Å². The van der Waals surface area contributed by atoms with Crippen LogP contribution in [0, 0.1) is 0 Å². The Labute approximate surface area is 245 Å². The van der Waals surface area contributed by atoms with Crippen LogP contribution in [0.1, 0.15) is 37.5 Å². The van der Waals surface area contributed by atoms with Gasteiger partial charge in [0.05, 0.1) is 27.9 Å². The summed E-state index contributed by atoms with van der Waals surface area (Å²) < 4.78 is 2.46. The van der Waals surface area contributed by atoms with Gasteiger partial charge in [-0.2, -0.15) is 0 Å². The molecule has 0 atom stereocenters. The summed E-state index contributed by atoms with van der Waals surface area (Å²) in [6, 6.07) is 39.4. The first-order valence-electron chi connectivity index (χ1n) is 14.6. The van der Waals surface area contributed by atoms with Gasteiger partial charge in [-0.15, -0.1) is 0 Å². The fourth-order valence-corrected chi connectivity index (χ4v) is 7.10. The van der Waals surface area contributed by atoms with Gasteiger partial charge >= 0.3 is 0 Å². The highest BCUT2D eigenvalue weighted by Gasteiger charge is 2.38. The van der Waals surface area contributed by atoms with Crippen molar-refractivity contribution in [3.63, 3.8) is 0 Å². The number of nitrogens with two attached hydrogens (primary N) is 1. The molecule has 0 fully saturated rings. The van der Waals surface area contributed by atoms with Crippen LogP contribution in [0.4, 0.5) is 5.69 Å². The molecule has 0 spiro atoms. The van der Waals surface area contributed by atoms with E-state index in [2.05, 4.69) is 128 Å². The fraction of sp³-hybridized carbons (Fsp3) is 0.103. The van der Waals surface area contributed by atoms with Crippen LogP contribution in [0.15, 0.2) is 115 Å². The van der Waals surface area contributed by atoms with Crippen molar-refractivity contribution in [1.29, 1.82) is 0 Å². The minimum absolute atomic E-state index is 0.128. The number of pyridine rings is 1. The summed E-state index contributed by atoms with van der Waals surface area (Å²) in [4.78, 5) is 5.07. The summed E-state index contributed by atoms with van der Waals surface area (Å²) in [5, 5.41) is 3.59. The predicted molar refractivity (Wildman–Crippen MR) is 178 cm³/mol. The molecule has 8 rings (SSSR count). The number of rotatable bonds is 3. The van der Waals surface area contributed by atoms with Gasteiger partial charge < -0.3 is 10.3 Å². The van der Waals surface area contributed by atoms with Crippen LogP contribution >= 0.6 is 0 Å². The molecule has 0 unspecified atom stereocenters. The number of nitrogen functional groups attached to an aromatic ring is 1. The first-order valence-corrected chi connectivity index (χ1v) is 14.6. The second kappa shape index (κ2) is 8.92. The molecule has 2 N–H and O–H groups in total. The predicted octanol–water partition coefficient (Wildman–Crippen LogP) is 9.92. The van der Waals surface area contributed by atoms with Crippen LogP contribution in [-0.2, 0) is 5.41 Å². The number of aromatic nitrogens is 2. The molecule has 0 aliphatic heterocycles. The number of fused-ring (bicyclic) bond motifs is 8. The Kier molecular flexibility index (Phi) is 5.23. The highest BCUT2D eigenvalue weighted by molar-refractivity contribution is 6.13. The molecule has 2 aromatic heterocycles. The zero-order chi connectivity index (χ0) is 28.6. The van der Waals surface area contributed by atoms with Gasteiger partial charge in [-0.05, 0) is 59.0 Å². The molecule has 3 nitrogen and oxygen atoms in total. The third kappa shape index (κ3) is 3.37.